The third-order valence-corrected chi connectivity index (χ3v) is 16.3. The topological polar surface area (TPSA) is 9.86 Å². The quantitative estimate of drug-likeness (QED) is 0.103. The molecule has 0 aliphatic carbocycles. The van der Waals surface area contributed by atoms with Gasteiger partial charge in [0.05, 0.1) is 22.1 Å². The van der Waals surface area contributed by atoms with Crippen LogP contribution >= 0.6 is 11.3 Å². The first kappa shape index (κ1) is 43.2. The van der Waals surface area contributed by atoms with E-state index < -0.39 is 0 Å². The molecule has 0 aliphatic rings. The zero-order valence-electron chi connectivity index (χ0n) is 40.1. The molecule has 11 aromatic rings. The van der Waals surface area contributed by atoms with Gasteiger partial charge in [-0.2, -0.15) is 0 Å². The van der Waals surface area contributed by atoms with E-state index in [4.69, 9.17) is 0 Å². The maximum absolute atomic E-state index is 2.53. The first-order chi connectivity index (χ1) is 32.6. The first-order valence-corrected chi connectivity index (χ1v) is 25.6. The summed E-state index contributed by atoms with van der Waals surface area (Å²) in [6, 6.07) is 66.4. The van der Waals surface area contributed by atoms with Crippen molar-refractivity contribution in [3.05, 3.63) is 181 Å². The lowest BCUT2D eigenvalue weighted by Crippen LogP contribution is -2.28. The highest BCUT2D eigenvalue weighted by Gasteiger charge is 2.35. The van der Waals surface area contributed by atoms with E-state index in [2.05, 4.69) is 227 Å². The predicted octanol–water partition coefficient (Wildman–Crippen LogP) is 19.5. The zero-order valence-corrected chi connectivity index (χ0v) is 40.9. The van der Waals surface area contributed by atoms with E-state index in [1.165, 1.54) is 148 Å². The van der Waals surface area contributed by atoms with E-state index in [9.17, 15) is 0 Å². The number of unbranched alkanes of at least 4 members (excludes halogenated alkanes) is 2. The standard InChI is InChI=1S/C64H62N2S/c1-7-9-35-63(3,4)42-56(64(5,6)36-10-8-2)47-20-18-22-49(38-47)66-59-28-16-13-25-52(59)53-39-44(29-32-60(53)66)46-31-34-62-55(41-46)54-40-45(30-33-61(54)67-62)43-19-17-21-48(37-43)65-57-26-14-11-23-50(57)51-24-12-15-27-58(51)65/h11-34,37-41,56H,7-10,35-36,42H2,1-6H3. The van der Waals surface area contributed by atoms with Gasteiger partial charge in [0, 0.05) is 53.1 Å². The monoisotopic (exact) mass is 890 g/mol. The number of para-hydroxylation sites is 3. The molecule has 0 N–H and O–H groups in total. The van der Waals surface area contributed by atoms with Crippen LogP contribution in [0, 0.1) is 10.8 Å². The van der Waals surface area contributed by atoms with Gasteiger partial charge in [0.25, 0.3) is 0 Å². The van der Waals surface area contributed by atoms with E-state index in [0.29, 0.717) is 5.92 Å². The number of hydrogen-bond donors (Lipinski definition) is 0. The summed E-state index contributed by atoms with van der Waals surface area (Å²) in [5.74, 6) is 0.473. The summed E-state index contributed by atoms with van der Waals surface area (Å²) >= 11 is 1.89. The van der Waals surface area contributed by atoms with Gasteiger partial charge < -0.3 is 9.13 Å². The van der Waals surface area contributed by atoms with Crippen molar-refractivity contribution < 1.29 is 0 Å². The van der Waals surface area contributed by atoms with Crippen molar-refractivity contribution in [3.63, 3.8) is 0 Å². The van der Waals surface area contributed by atoms with Gasteiger partial charge in [-0.05, 0) is 143 Å². The van der Waals surface area contributed by atoms with Crippen LogP contribution in [0.15, 0.2) is 176 Å². The van der Waals surface area contributed by atoms with Crippen molar-refractivity contribution in [2.75, 3.05) is 0 Å². The minimum Gasteiger partial charge on any atom is -0.309 e. The Labute approximate surface area is 400 Å². The fourth-order valence-corrected chi connectivity index (χ4v) is 12.5. The van der Waals surface area contributed by atoms with Crippen molar-refractivity contribution >= 4 is 75.1 Å². The molecule has 0 radical (unpaired) electrons. The SMILES string of the molecule is CCCCC(C)(C)CC(c1cccc(-n2c3ccccc3c3cc(-c4ccc5sc6ccc(-c7cccc(-n8c9ccccc9c9ccccc98)c7)cc6c5c4)ccc32)c1)C(C)(C)CCCC. The van der Waals surface area contributed by atoms with Gasteiger partial charge in [-0.3, -0.25) is 0 Å². The van der Waals surface area contributed by atoms with Crippen molar-refractivity contribution in [3.8, 4) is 33.6 Å². The van der Waals surface area contributed by atoms with E-state index in [1.54, 1.807) is 0 Å². The maximum Gasteiger partial charge on any atom is 0.0541 e. The molecule has 2 nitrogen and oxygen atoms in total. The summed E-state index contributed by atoms with van der Waals surface area (Å²) in [5.41, 5.74) is 14.3. The molecule has 11 rings (SSSR count). The van der Waals surface area contributed by atoms with Crippen molar-refractivity contribution in [1.29, 1.82) is 0 Å². The zero-order chi connectivity index (χ0) is 45.9. The highest BCUT2D eigenvalue weighted by Crippen LogP contribution is 2.49. The molecular formula is C64H62N2S. The van der Waals surface area contributed by atoms with Crippen LogP contribution in [0.3, 0.4) is 0 Å². The number of thiophene rings is 1. The van der Waals surface area contributed by atoms with Gasteiger partial charge in [0.15, 0.2) is 0 Å². The van der Waals surface area contributed by atoms with E-state index in [1.807, 2.05) is 11.3 Å². The van der Waals surface area contributed by atoms with Crippen LogP contribution in [-0.2, 0) is 0 Å². The Balaban J connectivity index is 0.969. The smallest absolute Gasteiger partial charge is 0.0541 e. The molecule has 0 bridgehead atoms. The lowest BCUT2D eigenvalue weighted by atomic mass is 9.65. The van der Waals surface area contributed by atoms with Crippen molar-refractivity contribution in [1.82, 2.24) is 9.13 Å². The second-order valence-electron chi connectivity index (χ2n) is 20.7. The molecule has 1 atom stereocenters. The van der Waals surface area contributed by atoms with Gasteiger partial charge in [0.2, 0.25) is 0 Å². The number of hydrogen-bond acceptors (Lipinski definition) is 1. The first-order valence-electron chi connectivity index (χ1n) is 24.8. The van der Waals surface area contributed by atoms with Crippen LogP contribution in [-0.4, -0.2) is 9.13 Å². The lowest BCUT2D eigenvalue weighted by molar-refractivity contribution is 0.173. The Kier molecular flexibility index (Phi) is 11.2. The third kappa shape index (κ3) is 7.86. The summed E-state index contributed by atoms with van der Waals surface area (Å²) in [5, 5.41) is 7.77. The van der Waals surface area contributed by atoms with Crippen LogP contribution < -0.4 is 0 Å². The number of fused-ring (bicyclic) bond motifs is 9. The number of rotatable bonds is 14. The summed E-state index contributed by atoms with van der Waals surface area (Å²) in [6.45, 7) is 14.7. The Morgan fingerprint density at radius 1 is 0.418 bits per heavy atom. The Morgan fingerprint density at radius 2 is 0.881 bits per heavy atom. The normalized spacial score (nSPS) is 13.0. The van der Waals surface area contributed by atoms with Crippen LogP contribution in [0.2, 0.25) is 0 Å². The fourth-order valence-electron chi connectivity index (χ4n) is 11.4. The van der Waals surface area contributed by atoms with Gasteiger partial charge in [-0.1, -0.05) is 164 Å². The van der Waals surface area contributed by atoms with Crippen molar-refractivity contribution in [2.24, 2.45) is 10.8 Å². The summed E-state index contributed by atoms with van der Waals surface area (Å²) < 4.78 is 7.56. The summed E-state index contributed by atoms with van der Waals surface area (Å²) in [4.78, 5) is 0. The summed E-state index contributed by atoms with van der Waals surface area (Å²) in [7, 11) is 0. The van der Waals surface area contributed by atoms with Crippen LogP contribution in [0.5, 0.6) is 0 Å². The maximum atomic E-state index is 2.53. The van der Waals surface area contributed by atoms with Gasteiger partial charge >= 0.3 is 0 Å². The molecule has 0 fully saturated rings. The number of aromatic nitrogens is 2. The molecule has 0 amide bonds. The minimum absolute atomic E-state index is 0.198. The van der Waals surface area contributed by atoms with Gasteiger partial charge in [-0.25, -0.2) is 0 Å². The average Bonchev–Trinajstić information content (AvgIpc) is 4.01. The second-order valence-corrected chi connectivity index (χ2v) is 21.8. The Morgan fingerprint density at radius 3 is 1.46 bits per heavy atom. The van der Waals surface area contributed by atoms with Gasteiger partial charge in [0.1, 0.15) is 0 Å². The number of benzene rings is 8. The Bertz CT molecular complexity index is 3560. The summed E-state index contributed by atoms with van der Waals surface area (Å²) in [6.07, 6.45) is 8.76. The van der Waals surface area contributed by atoms with E-state index >= 15 is 0 Å². The molecule has 0 saturated carbocycles. The molecule has 8 aromatic carbocycles. The molecule has 0 aliphatic heterocycles. The average molecular weight is 891 g/mol. The van der Waals surface area contributed by atoms with Gasteiger partial charge in [-0.15, -0.1) is 11.3 Å². The molecule has 3 aromatic heterocycles. The van der Waals surface area contributed by atoms with Crippen LogP contribution in [0.4, 0.5) is 0 Å². The molecule has 3 heteroatoms. The Hall–Kier alpha value is -6.42. The van der Waals surface area contributed by atoms with Crippen LogP contribution in [0.1, 0.15) is 98.0 Å². The largest absolute Gasteiger partial charge is 0.309 e. The lowest BCUT2D eigenvalue weighted by Gasteiger charge is -2.40. The minimum atomic E-state index is 0.198. The number of nitrogens with zero attached hydrogens (tertiary/aromatic N) is 2. The molecule has 0 saturated heterocycles. The molecule has 67 heavy (non-hydrogen) atoms. The second kappa shape index (κ2) is 17.3. The van der Waals surface area contributed by atoms with Crippen LogP contribution in [0.25, 0.3) is 97.4 Å². The highest BCUT2D eigenvalue weighted by atomic mass is 32.1. The molecule has 3 heterocycles. The fraction of sp³-hybridized carbons (Fsp3) is 0.250. The highest BCUT2D eigenvalue weighted by molar-refractivity contribution is 7.25. The third-order valence-electron chi connectivity index (χ3n) is 15.1. The molecule has 1 unspecified atom stereocenters. The molecule has 334 valence electrons. The molecule has 0 spiro atoms. The van der Waals surface area contributed by atoms with E-state index in [-0.39, 0.29) is 10.8 Å². The predicted molar refractivity (Wildman–Crippen MR) is 293 cm³/mol. The van der Waals surface area contributed by atoms with Crippen molar-refractivity contribution in [2.45, 2.75) is 92.4 Å². The van der Waals surface area contributed by atoms with E-state index in [0.717, 1.165) is 0 Å². The molecular weight excluding hydrogens is 829 g/mol.